The summed E-state index contributed by atoms with van der Waals surface area (Å²) in [6.07, 6.45) is 0. The molecule has 0 aliphatic heterocycles. The van der Waals surface area contributed by atoms with Gasteiger partial charge in [0, 0.05) is 17.8 Å². The SMILES string of the molecule is Cc1ccc(-[n+]2[nH]oc(=O)c2SCC(=O)Nc2cc(C)cc(C)c2)cc1. The Kier molecular flexibility index (Phi) is 5.27. The molecule has 2 N–H and O–H groups in total. The van der Waals surface area contributed by atoms with Crippen molar-refractivity contribution in [1.29, 1.82) is 0 Å². The van der Waals surface area contributed by atoms with Crippen LogP contribution in [0.4, 0.5) is 5.69 Å². The zero-order chi connectivity index (χ0) is 18.7. The van der Waals surface area contributed by atoms with Crippen LogP contribution in [0, 0.1) is 20.8 Å². The lowest BCUT2D eigenvalue weighted by molar-refractivity contribution is -0.704. The molecule has 0 unspecified atom stereocenters. The molecule has 0 saturated carbocycles. The summed E-state index contributed by atoms with van der Waals surface area (Å²) in [4.78, 5) is 24.2. The molecule has 3 rings (SSSR count). The Hall–Kier alpha value is -2.80. The first-order valence-electron chi connectivity index (χ1n) is 8.14. The van der Waals surface area contributed by atoms with Crippen molar-refractivity contribution in [2.75, 3.05) is 11.1 Å². The third kappa shape index (κ3) is 4.23. The molecule has 0 atom stereocenters. The average molecular weight is 370 g/mol. The van der Waals surface area contributed by atoms with Crippen LogP contribution in [0.25, 0.3) is 5.69 Å². The topological polar surface area (TPSA) is 79.0 Å². The fraction of sp³-hybridized carbons (Fsp3) is 0.211. The van der Waals surface area contributed by atoms with Crippen molar-refractivity contribution >= 4 is 23.4 Å². The number of carbonyl (C=O) groups is 1. The van der Waals surface area contributed by atoms with Crippen molar-refractivity contribution in [2.45, 2.75) is 25.8 Å². The maximum absolute atomic E-state index is 12.2. The molecular formula is C19H20N3O3S+. The van der Waals surface area contributed by atoms with Gasteiger partial charge in [-0.3, -0.25) is 9.32 Å². The maximum Gasteiger partial charge on any atom is 0.442 e. The highest BCUT2D eigenvalue weighted by atomic mass is 32.2. The van der Waals surface area contributed by atoms with Gasteiger partial charge in [0.25, 0.3) is 0 Å². The van der Waals surface area contributed by atoms with Gasteiger partial charge in [0.1, 0.15) is 0 Å². The van der Waals surface area contributed by atoms with E-state index < -0.39 is 5.63 Å². The number of anilines is 1. The number of aryl methyl sites for hydroxylation is 3. The van der Waals surface area contributed by atoms with Crippen LogP contribution in [0.2, 0.25) is 0 Å². The van der Waals surface area contributed by atoms with E-state index in [2.05, 4.69) is 10.6 Å². The number of hydrogen-bond acceptors (Lipinski definition) is 4. The molecule has 26 heavy (non-hydrogen) atoms. The Morgan fingerprint density at radius 2 is 1.73 bits per heavy atom. The normalized spacial score (nSPS) is 10.7. The predicted octanol–water partition coefficient (Wildman–Crippen LogP) is 2.90. The molecule has 0 radical (unpaired) electrons. The van der Waals surface area contributed by atoms with E-state index in [1.807, 2.05) is 63.2 Å². The second-order valence-electron chi connectivity index (χ2n) is 6.17. The van der Waals surface area contributed by atoms with Gasteiger partial charge in [-0.05, 0) is 65.7 Å². The molecule has 2 aromatic carbocycles. The van der Waals surface area contributed by atoms with Crippen molar-refractivity contribution in [1.82, 2.24) is 5.27 Å². The van der Waals surface area contributed by atoms with Gasteiger partial charge in [-0.2, -0.15) is 0 Å². The summed E-state index contributed by atoms with van der Waals surface area (Å²) in [5.41, 5.74) is 4.28. The molecule has 3 aromatic rings. The Morgan fingerprint density at radius 1 is 1.08 bits per heavy atom. The largest absolute Gasteiger partial charge is 0.442 e. The van der Waals surface area contributed by atoms with Crippen LogP contribution in [-0.4, -0.2) is 16.9 Å². The molecule has 0 bridgehead atoms. The first-order chi connectivity index (χ1) is 12.4. The lowest BCUT2D eigenvalue weighted by atomic mass is 10.1. The molecule has 1 aromatic heterocycles. The first kappa shape index (κ1) is 18.0. The molecule has 1 heterocycles. The van der Waals surface area contributed by atoms with E-state index in [0.717, 1.165) is 39.8 Å². The third-order valence-electron chi connectivity index (χ3n) is 3.74. The van der Waals surface area contributed by atoms with E-state index in [9.17, 15) is 9.59 Å². The summed E-state index contributed by atoms with van der Waals surface area (Å²) in [5.74, 6) is -0.0855. The van der Waals surface area contributed by atoms with Crippen LogP contribution in [0.5, 0.6) is 0 Å². The highest BCUT2D eigenvalue weighted by Gasteiger charge is 2.24. The average Bonchev–Trinajstić information content (AvgIpc) is 2.93. The van der Waals surface area contributed by atoms with Gasteiger partial charge in [0.2, 0.25) is 11.6 Å². The number of amides is 1. The standard InChI is InChI=1S/C19H19N3O3S/c1-12-4-6-16(7-5-12)22-18(19(24)25-21-22)26-11-17(23)20-15-9-13(2)8-14(3)10-15/h4-10H,11H2,1-3H3,(H-,20,21,23,24)/p+1. The monoisotopic (exact) mass is 370 g/mol. The van der Waals surface area contributed by atoms with Crippen molar-refractivity contribution in [3.8, 4) is 5.69 Å². The summed E-state index contributed by atoms with van der Waals surface area (Å²) < 4.78 is 6.43. The lowest BCUT2D eigenvalue weighted by Gasteiger charge is -2.06. The van der Waals surface area contributed by atoms with Crippen LogP contribution >= 0.6 is 11.8 Å². The van der Waals surface area contributed by atoms with Crippen molar-refractivity contribution in [3.05, 3.63) is 69.6 Å². The molecule has 0 aliphatic rings. The third-order valence-corrected chi connectivity index (χ3v) is 4.77. The number of thioether (sulfide) groups is 1. The van der Waals surface area contributed by atoms with Crippen LogP contribution < -0.4 is 15.6 Å². The van der Waals surface area contributed by atoms with Crippen LogP contribution in [0.15, 0.2) is 56.8 Å². The molecule has 7 heteroatoms. The van der Waals surface area contributed by atoms with E-state index in [4.69, 9.17) is 4.52 Å². The summed E-state index contributed by atoms with van der Waals surface area (Å²) >= 11 is 1.13. The van der Waals surface area contributed by atoms with Crippen LogP contribution in [0.1, 0.15) is 16.7 Å². The number of hydrogen-bond donors (Lipinski definition) is 2. The fourth-order valence-electron chi connectivity index (χ4n) is 2.63. The lowest BCUT2D eigenvalue weighted by Crippen LogP contribution is -2.36. The smallest absolute Gasteiger partial charge is 0.325 e. The number of benzene rings is 2. The molecular weight excluding hydrogens is 350 g/mol. The maximum atomic E-state index is 12.2. The number of rotatable bonds is 5. The minimum atomic E-state index is -0.505. The minimum absolute atomic E-state index is 0.0987. The highest BCUT2D eigenvalue weighted by molar-refractivity contribution is 7.99. The summed E-state index contributed by atoms with van der Waals surface area (Å²) in [6.45, 7) is 5.94. The fourth-order valence-corrected chi connectivity index (χ4v) is 3.40. The number of H-pyrrole nitrogens is 1. The molecule has 1 amide bonds. The Labute approximate surface area is 155 Å². The van der Waals surface area contributed by atoms with Gasteiger partial charge in [-0.15, -0.1) is 0 Å². The molecule has 6 nitrogen and oxygen atoms in total. The highest BCUT2D eigenvalue weighted by Crippen LogP contribution is 2.16. The zero-order valence-electron chi connectivity index (χ0n) is 14.8. The number of nitrogens with one attached hydrogen (secondary N) is 2. The van der Waals surface area contributed by atoms with Gasteiger partial charge in [-0.25, -0.2) is 4.79 Å². The van der Waals surface area contributed by atoms with Gasteiger partial charge in [0.15, 0.2) is 0 Å². The van der Waals surface area contributed by atoms with E-state index in [1.54, 1.807) is 0 Å². The van der Waals surface area contributed by atoms with Crippen molar-refractivity contribution in [2.24, 2.45) is 0 Å². The van der Waals surface area contributed by atoms with Gasteiger partial charge < -0.3 is 5.32 Å². The van der Waals surface area contributed by atoms with Crippen LogP contribution in [-0.2, 0) is 4.79 Å². The van der Waals surface area contributed by atoms with Gasteiger partial charge >= 0.3 is 10.7 Å². The summed E-state index contributed by atoms with van der Waals surface area (Å²) in [7, 11) is 0. The molecule has 0 saturated heterocycles. The van der Waals surface area contributed by atoms with Crippen molar-refractivity contribution in [3.63, 3.8) is 0 Å². The second kappa shape index (κ2) is 7.61. The summed E-state index contributed by atoms with van der Waals surface area (Å²) in [6, 6.07) is 13.5. The minimum Gasteiger partial charge on any atom is -0.325 e. The van der Waals surface area contributed by atoms with E-state index >= 15 is 0 Å². The Balaban J connectivity index is 1.71. The van der Waals surface area contributed by atoms with E-state index in [1.165, 1.54) is 4.68 Å². The molecule has 0 fully saturated rings. The second-order valence-corrected chi connectivity index (χ2v) is 7.13. The number of nitrogens with zero attached hydrogens (tertiary/aromatic N) is 1. The summed E-state index contributed by atoms with van der Waals surface area (Å²) in [5, 5.41) is 5.76. The van der Waals surface area contributed by atoms with E-state index in [-0.39, 0.29) is 11.7 Å². The molecule has 0 aliphatic carbocycles. The molecule has 0 spiro atoms. The molecule has 134 valence electrons. The van der Waals surface area contributed by atoms with Crippen LogP contribution in [0.3, 0.4) is 0 Å². The quantitative estimate of drug-likeness (QED) is 0.535. The van der Waals surface area contributed by atoms with Gasteiger partial charge in [-0.1, -0.05) is 23.8 Å². The number of aromatic nitrogens is 2. The zero-order valence-corrected chi connectivity index (χ0v) is 15.6. The number of carbonyl (C=O) groups excluding carboxylic acids is 1. The van der Waals surface area contributed by atoms with Gasteiger partial charge in [0.05, 0.1) is 5.75 Å². The predicted molar refractivity (Wildman–Crippen MR) is 101 cm³/mol. The first-order valence-corrected chi connectivity index (χ1v) is 9.12. The van der Waals surface area contributed by atoms with Crippen molar-refractivity contribution < 1.29 is 14.0 Å². The van der Waals surface area contributed by atoms with E-state index in [0.29, 0.717) is 5.03 Å². The number of aromatic amines is 1. The Bertz CT molecular complexity index is 970. The Morgan fingerprint density at radius 3 is 2.38 bits per heavy atom.